The Balaban J connectivity index is 1.75. The van der Waals surface area contributed by atoms with Gasteiger partial charge >= 0.3 is 0 Å². The Labute approximate surface area is 156 Å². The van der Waals surface area contributed by atoms with Gasteiger partial charge in [0.2, 0.25) is 0 Å². The molecular weight excluding hydrogens is 343 g/mol. The average molecular weight is 364 g/mol. The van der Waals surface area contributed by atoms with Crippen LogP contribution in [-0.4, -0.2) is 24.9 Å². The molecule has 0 amide bonds. The Kier molecular flexibility index (Phi) is 4.66. The summed E-state index contributed by atoms with van der Waals surface area (Å²) < 4.78 is 14.2. The first-order valence-electron chi connectivity index (χ1n) is 9.16. The molecule has 1 atom stereocenters. The van der Waals surface area contributed by atoms with Crippen LogP contribution < -0.4 is 5.32 Å². The number of aryl methyl sites for hydroxylation is 1. The number of aromatic amines is 1. The second kappa shape index (κ2) is 7.26. The largest absolute Gasteiger partial charge is 0.362 e. The first-order valence-corrected chi connectivity index (χ1v) is 9.16. The van der Waals surface area contributed by atoms with Gasteiger partial charge in [-0.2, -0.15) is 0 Å². The fourth-order valence-corrected chi connectivity index (χ4v) is 3.29. The van der Waals surface area contributed by atoms with Gasteiger partial charge in [-0.15, -0.1) is 0 Å². The molecule has 0 spiro atoms. The molecule has 1 aromatic carbocycles. The van der Waals surface area contributed by atoms with Gasteiger partial charge < -0.3 is 10.3 Å². The van der Waals surface area contributed by atoms with E-state index in [1.165, 1.54) is 12.4 Å². The number of hydrogen-bond acceptors (Lipinski definition) is 5. The van der Waals surface area contributed by atoms with Crippen molar-refractivity contribution in [3.8, 4) is 0 Å². The summed E-state index contributed by atoms with van der Waals surface area (Å²) in [6, 6.07) is 7.02. The zero-order valence-corrected chi connectivity index (χ0v) is 15.3. The van der Waals surface area contributed by atoms with Crippen LogP contribution in [0.3, 0.4) is 0 Å². The number of H-pyrrole nitrogens is 1. The molecule has 0 saturated heterocycles. The first kappa shape index (κ1) is 17.3. The quantitative estimate of drug-likeness (QED) is 0.524. The maximum absolute atomic E-state index is 14.2. The van der Waals surface area contributed by atoms with Crippen LogP contribution in [0.15, 0.2) is 36.9 Å². The summed E-state index contributed by atoms with van der Waals surface area (Å²) in [5.41, 5.74) is 3.77. The van der Waals surface area contributed by atoms with Crippen LogP contribution in [0.2, 0.25) is 0 Å². The zero-order chi connectivity index (χ0) is 18.8. The number of benzene rings is 1. The second-order valence-corrected chi connectivity index (χ2v) is 6.63. The Bertz CT molecular complexity index is 1090. The summed E-state index contributed by atoms with van der Waals surface area (Å²) in [5.74, 6) is 0.376. The predicted molar refractivity (Wildman–Crippen MR) is 104 cm³/mol. The van der Waals surface area contributed by atoms with E-state index in [2.05, 4.69) is 44.1 Å². The molecule has 0 aliphatic carbocycles. The first-order chi connectivity index (χ1) is 13.2. The summed E-state index contributed by atoms with van der Waals surface area (Å²) in [4.78, 5) is 20.4. The molecule has 27 heavy (non-hydrogen) atoms. The van der Waals surface area contributed by atoms with Crippen LogP contribution in [-0.2, 0) is 6.42 Å². The van der Waals surface area contributed by atoms with Crippen molar-refractivity contribution < 1.29 is 4.39 Å². The molecule has 0 bridgehead atoms. The van der Waals surface area contributed by atoms with Gasteiger partial charge in [-0.25, -0.2) is 24.3 Å². The van der Waals surface area contributed by atoms with E-state index in [1.54, 1.807) is 12.4 Å². The number of nitrogens with zero attached hydrogens (tertiary/aromatic N) is 4. The van der Waals surface area contributed by atoms with Gasteiger partial charge in [0.1, 0.15) is 23.2 Å². The Morgan fingerprint density at radius 2 is 2.07 bits per heavy atom. The molecule has 3 heterocycles. The molecule has 6 nitrogen and oxygen atoms in total. The van der Waals surface area contributed by atoms with Crippen molar-refractivity contribution in [1.82, 2.24) is 24.9 Å². The highest BCUT2D eigenvalue weighted by molar-refractivity contribution is 5.83. The summed E-state index contributed by atoms with van der Waals surface area (Å²) in [7, 11) is 0. The number of imidazole rings is 1. The van der Waals surface area contributed by atoms with Crippen LogP contribution >= 0.6 is 0 Å². The Morgan fingerprint density at radius 1 is 1.19 bits per heavy atom. The topological polar surface area (TPSA) is 79.4 Å². The number of halogens is 1. The van der Waals surface area contributed by atoms with E-state index in [0.717, 1.165) is 35.9 Å². The van der Waals surface area contributed by atoms with Crippen molar-refractivity contribution >= 4 is 27.9 Å². The molecule has 0 fully saturated rings. The van der Waals surface area contributed by atoms with E-state index < -0.39 is 0 Å². The summed E-state index contributed by atoms with van der Waals surface area (Å²) in [5, 5.41) is 4.21. The minimum atomic E-state index is -0.286. The van der Waals surface area contributed by atoms with Gasteiger partial charge in [0.05, 0.1) is 12.4 Å². The highest BCUT2D eigenvalue weighted by atomic mass is 19.1. The lowest BCUT2D eigenvalue weighted by molar-refractivity contribution is 0.635. The van der Waals surface area contributed by atoms with Gasteiger partial charge in [-0.05, 0) is 37.5 Å². The molecule has 0 aliphatic rings. The third kappa shape index (κ3) is 3.32. The number of hydrogen-bond donors (Lipinski definition) is 2. The lowest BCUT2D eigenvalue weighted by atomic mass is 10.00. The average Bonchev–Trinajstić information content (AvgIpc) is 3.16. The standard InChI is InChI=1S/C20H21FN6/c1-3-4-8-16-14(9-13-6-5-7-15(21)17(13)27-16)12(2)26-20-18-19(23-10-22-18)24-11-25-20/h5-7,9-12H,3-4,8H2,1-2H3,(H2,22,23,24,25,26). The van der Waals surface area contributed by atoms with E-state index in [1.807, 2.05) is 12.1 Å². The highest BCUT2D eigenvalue weighted by Crippen LogP contribution is 2.28. The van der Waals surface area contributed by atoms with Crippen molar-refractivity contribution in [3.05, 3.63) is 54.0 Å². The highest BCUT2D eigenvalue weighted by Gasteiger charge is 2.17. The van der Waals surface area contributed by atoms with Crippen molar-refractivity contribution in [2.75, 3.05) is 5.32 Å². The SMILES string of the molecule is CCCCc1nc2c(F)cccc2cc1C(C)Nc1ncnc2[nH]cnc12. The summed E-state index contributed by atoms with van der Waals surface area (Å²) in [6.45, 7) is 4.19. The minimum absolute atomic E-state index is 0.0631. The van der Waals surface area contributed by atoms with Gasteiger partial charge in [0.25, 0.3) is 0 Å². The van der Waals surface area contributed by atoms with E-state index in [9.17, 15) is 4.39 Å². The van der Waals surface area contributed by atoms with Crippen molar-refractivity contribution in [3.63, 3.8) is 0 Å². The molecule has 2 N–H and O–H groups in total. The predicted octanol–water partition coefficient (Wildman–Crippen LogP) is 4.56. The smallest absolute Gasteiger partial charge is 0.162 e. The number of fused-ring (bicyclic) bond motifs is 2. The third-order valence-electron chi connectivity index (χ3n) is 4.71. The van der Waals surface area contributed by atoms with Gasteiger partial charge in [0.15, 0.2) is 11.5 Å². The Hall–Kier alpha value is -3.09. The monoisotopic (exact) mass is 364 g/mol. The number of pyridine rings is 1. The minimum Gasteiger partial charge on any atom is -0.362 e. The number of unbranched alkanes of at least 4 members (excludes halogenated alkanes) is 1. The molecular formula is C20H21FN6. The lowest BCUT2D eigenvalue weighted by Crippen LogP contribution is -2.12. The van der Waals surface area contributed by atoms with E-state index in [-0.39, 0.29) is 11.9 Å². The number of anilines is 1. The molecule has 1 unspecified atom stereocenters. The van der Waals surface area contributed by atoms with Gasteiger partial charge in [-0.1, -0.05) is 25.5 Å². The fourth-order valence-electron chi connectivity index (χ4n) is 3.29. The number of nitrogens with one attached hydrogen (secondary N) is 2. The molecule has 3 aromatic heterocycles. The molecule has 4 aromatic rings. The Morgan fingerprint density at radius 3 is 2.93 bits per heavy atom. The molecule has 7 heteroatoms. The fraction of sp³-hybridized carbons (Fsp3) is 0.300. The molecule has 0 saturated carbocycles. The third-order valence-corrected chi connectivity index (χ3v) is 4.71. The van der Waals surface area contributed by atoms with E-state index in [0.29, 0.717) is 22.5 Å². The van der Waals surface area contributed by atoms with Crippen LogP contribution in [0.4, 0.5) is 10.2 Å². The lowest BCUT2D eigenvalue weighted by Gasteiger charge is -2.19. The molecule has 0 radical (unpaired) electrons. The number of aromatic nitrogens is 5. The van der Waals surface area contributed by atoms with Crippen molar-refractivity contribution in [1.29, 1.82) is 0 Å². The molecule has 138 valence electrons. The normalized spacial score (nSPS) is 12.6. The number of para-hydroxylation sites is 1. The van der Waals surface area contributed by atoms with Crippen LogP contribution in [0, 0.1) is 5.82 Å². The van der Waals surface area contributed by atoms with Crippen molar-refractivity contribution in [2.24, 2.45) is 0 Å². The van der Waals surface area contributed by atoms with E-state index in [4.69, 9.17) is 0 Å². The second-order valence-electron chi connectivity index (χ2n) is 6.63. The number of rotatable bonds is 6. The molecule has 0 aliphatic heterocycles. The van der Waals surface area contributed by atoms with Gasteiger partial charge in [0, 0.05) is 11.1 Å². The summed E-state index contributed by atoms with van der Waals surface area (Å²) in [6.07, 6.45) is 5.97. The summed E-state index contributed by atoms with van der Waals surface area (Å²) >= 11 is 0. The molecule has 4 rings (SSSR count). The van der Waals surface area contributed by atoms with Crippen LogP contribution in [0.1, 0.15) is 44.0 Å². The maximum atomic E-state index is 14.2. The maximum Gasteiger partial charge on any atom is 0.162 e. The van der Waals surface area contributed by atoms with E-state index >= 15 is 0 Å². The van der Waals surface area contributed by atoms with Crippen LogP contribution in [0.5, 0.6) is 0 Å². The van der Waals surface area contributed by atoms with Crippen LogP contribution in [0.25, 0.3) is 22.1 Å². The zero-order valence-electron chi connectivity index (χ0n) is 15.3. The van der Waals surface area contributed by atoms with Crippen molar-refractivity contribution in [2.45, 2.75) is 39.2 Å². The van der Waals surface area contributed by atoms with Gasteiger partial charge in [-0.3, -0.25) is 0 Å².